The van der Waals surface area contributed by atoms with Crippen LogP contribution in [0.5, 0.6) is 0 Å². The number of anilines is 1. The Bertz CT molecular complexity index is 289. The Kier molecular flexibility index (Phi) is 4.20. The fourth-order valence-electron chi connectivity index (χ4n) is 2.69. The number of pyridine rings is 1. The summed E-state index contributed by atoms with van der Waals surface area (Å²) < 4.78 is 0. The van der Waals surface area contributed by atoms with Gasteiger partial charge in [0.05, 0.1) is 0 Å². The Morgan fingerprint density at radius 2 is 1.88 bits per heavy atom. The van der Waals surface area contributed by atoms with Crippen molar-refractivity contribution in [3.8, 4) is 0 Å². The van der Waals surface area contributed by atoms with Crippen LogP contribution in [0.15, 0.2) is 24.5 Å². The molecule has 1 aliphatic carbocycles. The number of hydrogen-bond donors (Lipinski definition) is 1. The summed E-state index contributed by atoms with van der Waals surface area (Å²) in [5.74, 6) is 0.987. The molecule has 1 heterocycles. The Labute approximate surface area is 98.5 Å². The maximum absolute atomic E-state index is 4.03. The molecule has 16 heavy (non-hydrogen) atoms. The van der Waals surface area contributed by atoms with Crippen molar-refractivity contribution >= 4 is 5.69 Å². The van der Waals surface area contributed by atoms with Crippen molar-refractivity contribution in [1.29, 1.82) is 0 Å². The fraction of sp³-hybridized carbons (Fsp3) is 0.643. The molecule has 0 spiro atoms. The monoisotopic (exact) mass is 218 g/mol. The molecule has 0 unspecified atom stereocenters. The molecule has 0 bridgehead atoms. The zero-order valence-electron chi connectivity index (χ0n) is 10.2. The lowest BCUT2D eigenvalue weighted by Gasteiger charge is -2.29. The van der Waals surface area contributed by atoms with E-state index in [-0.39, 0.29) is 0 Å². The largest absolute Gasteiger partial charge is 0.382 e. The first-order valence-corrected chi connectivity index (χ1v) is 6.55. The molecule has 0 atom stereocenters. The van der Waals surface area contributed by atoms with Gasteiger partial charge in [-0.3, -0.25) is 4.98 Å². The summed E-state index contributed by atoms with van der Waals surface area (Å²) in [6.45, 7) is 2.29. The first-order valence-electron chi connectivity index (χ1n) is 6.55. The van der Waals surface area contributed by atoms with Crippen molar-refractivity contribution in [2.24, 2.45) is 5.92 Å². The predicted molar refractivity (Wildman–Crippen MR) is 68.5 cm³/mol. The highest BCUT2D eigenvalue weighted by atomic mass is 14.9. The van der Waals surface area contributed by atoms with Gasteiger partial charge in [0, 0.05) is 24.1 Å². The average Bonchev–Trinajstić information content (AvgIpc) is 2.33. The molecule has 0 aromatic carbocycles. The molecular formula is C14H22N2. The lowest BCUT2D eigenvalue weighted by Crippen LogP contribution is -2.26. The summed E-state index contributed by atoms with van der Waals surface area (Å²) in [5, 5.41) is 3.60. The molecule has 1 aromatic rings. The van der Waals surface area contributed by atoms with Gasteiger partial charge >= 0.3 is 0 Å². The fourth-order valence-corrected chi connectivity index (χ4v) is 2.69. The van der Waals surface area contributed by atoms with Crippen molar-refractivity contribution in [3.63, 3.8) is 0 Å². The SMILES string of the molecule is CCCC1CCC(Nc2ccncc2)CC1. The molecule has 1 N–H and O–H groups in total. The third kappa shape index (κ3) is 3.22. The summed E-state index contributed by atoms with van der Waals surface area (Å²) >= 11 is 0. The highest BCUT2D eigenvalue weighted by Gasteiger charge is 2.20. The van der Waals surface area contributed by atoms with Gasteiger partial charge in [0.15, 0.2) is 0 Å². The molecule has 1 aromatic heterocycles. The molecule has 0 amide bonds. The quantitative estimate of drug-likeness (QED) is 0.830. The third-order valence-electron chi connectivity index (χ3n) is 3.59. The van der Waals surface area contributed by atoms with Gasteiger partial charge in [0.2, 0.25) is 0 Å². The summed E-state index contributed by atoms with van der Waals surface area (Å²) in [6.07, 6.45) is 11.9. The van der Waals surface area contributed by atoms with Crippen molar-refractivity contribution in [1.82, 2.24) is 4.98 Å². The van der Waals surface area contributed by atoms with Crippen molar-refractivity contribution in [3.05, 3.63) is 24.5 Å². The van der Waals surface area contributed by atoms with Gasteiger partial charge in [0.1, 0.15) is 0 Å². The Morgan fingerprint density at radius 1 is 1.19 bits per heavy atom. The van der Waals surface area contributed by atoms with Crippen LogP contribution in [-0.4, -0.2) is 11.0 Å². The van der Waals surface area contributed by atoms with Gasteiger partial charge in [-0.1, -0.05) is 19.8 Å². The summed E-state index contributed by atoms with van der Waals surface area (Å²) in [6, 6.07) is 4.78. The lowest BCUT2D eigenvalue weighted by atomic mass is 9.83. The van der Waals surface area contributed by atoms with Crippen molar-refractivity contribution in [2.45, 2.75) is 51.5 Å². The zero-order valence-corrected chi connectivity index (χ0v) is 10.2. The van der Waals surface area contributed by atoms with Crippen LogP contribution in [0.25, 0.3) is 0 Å². The molecule has 1 saturated carbocycles. The first-order chi connectivity index (χ1) is 7.88. The minimum atomic E-state index is 0.676. The number of hydrogen-bond acceptors (Lipinski definition) is 2. The molecule has 0 saturated heterocycles. The summed E-state index contributed by atoms with van der Waals surface area (Å²) in [5.41, 5.74) is 1.22. The lowest BCUT2D eigenvalue weighted by molar-refractivity contribution is 0.319. The number of nitrogens with zero attached hydrogens (tertiary/aromatic N) is 1. The second kappa shape index (κ2) is 5.88. The Morgan fingerprint density at radius 3 is 2.50 bits per heavy atom. The highest BCUT2D eigenvalue weighted by molar-refractivity contribution is 5.41. The standard InChI is InChI=1S/C14H22N2/c1-2-3-12-4-6-13(7-5-12)16-14-8-10-15-11-9-14/h8-13H,2-7H2,1H3,(H,15,16). The third-order valence-corrected chi connectivity index (χ3v) is 3.59. The van der Waals surface area contributed by atoms with Gasteiger partial charge in [0.25, 0.3) is 0 Å². The van der Waals surface area contributed by atoms with Crippen molar-refractivity contribution in [2.75, 3.05) is 5.32 Å². The predicted octanol–water partition coefficient (Wildman–Crippen LogP) is 3.85. The van der Waals surface area contributed by atoms with Crippen molar-refractivity contribution < 1.29 is 0 Å². The van der Waals surface area contributed by atoms with Crippen LogP contribution < -0.4 is 5.32 Å². The molecule has 0 aliphatic heterocycles. The minimum absolute atomic E-state index is 0.676. The first kappa shape index (κ1) is 11.4. The summed E-state index contributed by atoms with van der Waals surface area (Å²) in [4.78, 5) is 4.03. The Balaban J connectivity index is 1.77. The van der Waals surface area contributed by atoms with E-state index in [1.165, 1.54) is 44.2 Å². The van der Waals surface area contributed by atoms with Crippen LogP contribution in [0.4, 0.5) is 5.69 Å². The molecule has 88 valence electrons. The van der Waals surface area contributed by atoms with Crippen LogP contribution in [0.2, 0.25) is 0 Å². The number of aromatic nitrogens is 1. The molecule has 2 heteroatoms. The van der Waals surface area contributed by atoms with E-state index >= 15 is 0 Å². The van der Waals surface area contributed by atoms with Gasteiger partial charge in [-0.05, 0) is 43.7 Å². The molecule has 1 fully saturated rings. The zero-order chi connectivity index (χ0) is 11.2. The van der Waals surface area contributed by atoms with Crippen LogP contribution >= 0.6 is 0 Å². The molecule has 1 aliphatic rings. The van der Waals surface area contributed by atoms with Gasteiger partial charge in [-0.2, -0.15) is 0 Å². The van der Waals surface area contributed by atoms with Gasteiger partial charge in [-0.15, -0.1) is 0 Å². The second-order valence-corrected chi connectivity index (χ2v) is 4.89. The maximum Gasteiger partial charge on any atom is 0.0373 e. The maximum atomic E-state index is 4.03. The van der Waals surface area contributed by atoms with Gasteiger partial charge in [-0.25, -0.2) is 0 Å². The molecule has 2 nitrogen and oxygen atoms in total. The average molecular weight is 218 g/mol. The second-order valence-electron chi connectivity index (χ2n) is 4.89. The van der Waals surface area contributed by atoms with E-state index in [2.05, 4.69) is 29.4 Å². The van der Waals surface area contributed by atoms with Crippen LogP contribution in [0, 0.1) is 5.92 Å². The normalized spacial score (nSPS) is 25.3. The summed E-state index contributed by atoms with van der Waals surface area (Å²) in [7, 11) is 0. The topological polar surface area (TPSA) is 24.9 Å². The van der Waals surface area contributed by atoms with E-state index in [0.29, 0.717) is 6.04 Å². The Hall–Kier alpha value is -1.05. The van der Waals surface area contributed by atoms with Crippen LogP contribution in [-0.2, 0) is 0 Å². The highest BCUT2D eigenvalue weighted by Crippen LogP contribution is 2.29. The number of rotatable bonds is 4. The van der Waals surface area contributed by atoms with E-state index in [0.717, 1.165) is 5.92 Å². The molecule has 0 radical (unpaired) electrons. The number of nitrogens with one attached hydrogen (secondary N) is 1. The molecular weight excluding hydrogens is 196 g/mol. The van der Waals surface area contributed by atoms with E-state index in [9.17, 15) is 0 Å². The van der Waals surface area contributed by atoms with Crippen LogP contribution in [0.1, 0.15) is 45.4 Å². The van der Waals surface area contributed by atoms with Crippen LogP contribution in [0.3, 0.4) is 0 Å². The van der Waals surface area contributed by atoms with E-state index < -0.39 is 0 Å². The smallest absolute Gasteiger partial charge is 0.0373 e. The van der Waals surface area contributed by atoms with E-state index in [1.54, 1.807) is 0 Å². The minimum Gasteiger partial charge on any atom is -0.382 e. The van der Waals surface area contributed by atoms with E-state index in [4.69, 9.17) is 0 Å². The molecule has 2 rings (SSSR count). The van der Waals surface area contributed by atoms with Gasteiger partial charge < -0.3 is 5.32 Å². The van der Waals surface area contributed by atoms with E-state index in [1.807, 2.05) is 12.4 Å².